The molecule has 0 saturated heterocycles. The van der Waals surface area contributed by atoms with Crippen LogP contribution in [0.4, 0.5) is 13.2 Å². The van der Waals surface area contributed by atoms with E-state index in [1.807, 2.05) is 0 Å². The van der Waals surface area contributed by atoms with E-state index in [4.69, 9.17) is 9.47 Å². The van der Waals surface area contributed by atoms with Crippen LogP contribution in [0.5, 0.6) is 5.75 Å². The van der Waals surface area contributed by atoms with Gasteiger partial charge in [0.25, 0.3) is 0 Å². The molecule has 0 atom stereocenters. The molecule has 0 amide bonds. The molecule has 1 aliphatic carbocycles. The van der Waals surface area contributed by atoms with E-state index in [9.17, 15) is 23.1 Å². The summed E-state index contributed by atoms with van der Waals surface area (Å²) in [6, 6.07) is 0.471. The first kappa shape index (κ1) is 18.8. The summed E-state index contributed by atoms with van der Waals surface area (Å²) in [6.07, 6.45) is 2.73. The Kier molecular flexibility index (Phi) is 6.06. The molecule has 0 aliphatic heterocycles. The first-order valence-corrected chi connectivity index (χ1v) is 7.84. The molecule has 136 valence electrons. The number of carbonyl (C=O) groups excluding carboxylic acids is 1. The zero-order chi connectivity index (χ0) is 18.6. The van der Waals surface area contributed by atoms with Gasteiger partial charge in [-0.2, -0.15) is 4.39 Å². The predicted molar refractivity (Wildman–Crippen MR) is 85.2 cm³/mol. The van der Waals surface area contributed by atoms with E-state index >= 15 is 0 Å². The molecule has 25 heavy (non-hydrogen) atoms. The van der Waals surface area contributed by atoms with Crippen LogP contribution < -0.4 is 4.74 Å². The Morgan fingerprint density at radius 1 is 1.28 bits per heavy atom. The van der Waals surface area contributed by atoms with Crippen molar-refractivity contribution in [3.05, 3.63) is 34.7 Å². The standard InChI is InChI=1S/C17H18F3NO4/c1-3-24-16-13(19)10(7-12(18)14(16)20)15(22)11(17(23)25-4-2)8-21-9-5-6-9/h7-9,22H,3-6H2,1-2H3/b15-11-,21-8?. The fraction of sp³-hybridized carbons (Fsp3) is 0.412. The summed E-state index contributed by atoms with van der Waals surface area (Å²) in [5, 5.41) is 10.3. The van der Waals surface area contributed by atoms with Gasteiger partial charge < -0.3 is 14.6 Å². The number of nitrogens with zero attached hydrogens (tertiary/aromatic N) is 1. The largest absolute Gasteiger partial charge is 0.506 e. The van der Waals surface area contributed by atoms with Crippen molar-refractivity contribution in [1.29, 1.82) is 0 Å². The van der Waals surface area contributed by atoms with E-state index in [2.05, 4.69) is 4.99 Å². The quantitative estimate of drug-likeness (QED) is 0.266. The number of rotatable bonds is 7. The second-order valence-electron chi connectivity index (χ2n) is 5.29. The van der Waals surface area contributed by atoms with Crippen LogP contribution in [-0.2, 0) is 9.53 Å². The Morgan fingerprint density at radius 2 is 1.96 bits per heavy atom. The molecule has 5 nitrogen and oxygen atoms in total. The topological polar surface area (TPSA) is 68.1 Å². The van der Waals surface area contributed by atoms with Crippen molar-refractivity contribution in [2.24, 2.45) is 4.99 Å². The van der Waals surface area contributed by atoms with Crippen LogP contribution >= 0.6 is 0 Å². The van der Waals surface area contributed by atoms with E-state index in [1.54, 1.807) is 6.92 Å². The Labute approximate surface area is 142 Å². The van der Waals surface area contributed by atoms with Crippen molar-refractivity contribution in [2.75, 3.05) is 13.2 Å². The highest BCUT2D eigenvalue weighted by Gasteiger charge is 2.26. The second kappa shape index (κ2) is 8.04. The maximum Gasteiger partial charge on any atom is 0.343 e. The van der Waals surface area contributed by atoms with Crippen molar-refractivity contribution in [3.8, 4) is 5.75 Å². The number of carbonyl (C=O) groups is 1. The first-order chi connectivity index (χ1) is 11.9. The number of ether oxygens (including phenoxy) is 2. The van der Waals surface area contributed by atoms with Gasteiger partial charge in [0.2, 0.25) is 5.82 Å². The van der Waals surface area contributed by atoms with E-state index in [1.165, 1.54) is 6.92 Å². The normalized spacial score (nSPS) is 15.2. The molecule has 1 fully saturated rings. The van der Waals surface area contributed by atoms with Gasteiger partial charge in [-0.05, 0) is 32.8 Å². The molecular formula is C17H18F3NO4. The number of hydrogen-bond donors (Lipinski definition) is 1. The average molecular weight is 357 g/mol. The van der Waals surface area contributed by atoms with Crippen LogP contribution in [0.3, 0.4) is 0 Å². The van der Waals surface area contributed by atoms with Crippen LogP contribution in [0, 0.1) is 17.5 Å². The predicted octanol–water partition coefficient (Wildman–Crippen LogP) is 3.57. The molecule has 0 spiro atoms. The van der Waals surface area contributed by atoms with Gasteiger partial charge in [-0.25, -0.2) is 13.6 Å². The number of halogens is 3. The summed E-state index contributed by atoms with van der Waals surface area (Å²) in [7, 11) is 0. The van der Waals surface area contributed by atoms with Gasteiger partial charge in [-0.15, -0.1) is 0 Å². The molecule has 1 aromatic rings. The summed E-state index contributed by atoms with van der Waals surface area (Å²) < 4.78 is 51.4. The molecule has 0 unspecified atom stereocenters. The Morgan fingerprint density at radius 3 is 2.52 bits per heavy atom. The molecule has 0 radical (unpaired) electrons. The lowest BCUT2D eigenvalue weighted by Crippen LogP contribution is -2.13. The van der Waals surface area contributed by atoms with Crippen LogP contribution in [-0.4, -0.2) is 36.5 Å². The zero-order valence-corrected chi connectivity index (χ0v) is 13.8. The van der Waals surface area contributed by atoms with E-state index < -0.39 is 46.1 Å². The molecule has 8 heteroatoms. The summed E-state index contributed by atoms with van der Waals surface area (Å²) in [5.74, 6) is -7.08. The summed E-state index contributed by atoms with van der Waals surface area (Å²) in [5.41, 5.74) is -1.16. The molecule has 1 aromatic carbocycles. The van der Waals surface area contributed by atoms with Gasteiger partial charge in [-0.1, -0.05) is 0 Å². The maximum atomic E-state index is 14.4. The van der Waals surface area contributed by atoms with Crippen LogP contribution in [0.25, 0.3) is 5.76 Å². The molecular weight excluding hydrogens is 339 g/mol. The highest BCUT2D eigenvalue weighted by molar-refractivity contribution is 6.15. The van der Waals surface area contributed by atoms with Crippen LogP contribution in [0.2, 0.25) is 0 Å². The third-order valence-corrected chi connectivity index (χ3v) is 3.37. The van der Waals surface area contributed by atoms with E-state index in [0.29, 0.717) is 6.07 Å². The van der Waals surface area contributed by atoms with Crippen molar-refractivity contribution in [2.45, 2.75) is 32.7 Å². The lowest BCUT2D eigenvalue weighted by Gasteiger charge is -2.12. The molecule has 0 bridgehead atoms. The lowest BCUT2D eigenvalue weighted by atomic mass is 10.1. The minimum absolute atomic E-state index is 0.0112. The molecule has 1 saturated carbocycles. The van der Waals surface area contributed by atoms with Crippen molar-refractivity contribution >= 4 is 17.9 Å². The maximum absolute atomic E-state index is 14.4. The first-order valence-electron chi connectivity index (χ1n) is 7.84. The third kappa shape index (κ3) is 4.32. The number of hydrogen-bond acceptors (Lipinski definition) is 5. The molecule has 1 N–H and O–H groups in total. The Hall–Kier alpha value is -2.51. The third-order valence-electron chi connectivity index (χ3n) is 3.37. The highest BCUT2D eigenvalue weighted by atomic mass is 19.2. The van der Waals surface area contributed by atoms with Gasteiger partial charge in [-0.3, -0.25) is 4.99 Å². The van der Waals surface area contributed by atoms with Gasteiger partial charge in [0.15, 0.2) is 17.4 Å². The zero-order valence-electron chi connectivity index (χ0n) is 13.8. The molecule has 0 heterocycles. The van der Waals surface area contributed by atoms with Crippen molar-refractivity contribution in [3.63, 3.8) is 0 Å². The Balaban J connectivity index is 2.57. The summed E-state index contributed by atoms with van der Waals surface area (Å²) in [6.45, 7) is 2.91. The second-order valence-corrected chi connectivity index (χ2v) is 5.29. The monoisotopic (exact) mass is 357 g/mol. The number of benzene rings is 1. The van der Waals surface area contributed by atoms with Gasteiger partial charge in [0, 0.05) is 6.21 Å². The van der Waals surface area contributed by atoms with Crippen molar-refractivity contribution in [1.82, 2.24) is 0 Å². The molecule has 1 aliphatic rings. The van der Waals surface area contributed by atoms with Crippen LogP contribution in [0.15, 0.2) is 16.6 Å². The van der Waals surface area contributed by atoms with Gasteiger partial charge in [0.1, 0.15) is 11.3 Å². The van der Waals surface area contributed by atoms with E-state index in [-0.39, 0.29) is 19.3 Å². The summed E-state index contributed by atoms with van der Waals surface area (Å²) >= 11 is 0. The smallest absolute Gasteiger partial charge is 0.343 e. The number of aliphatic hydroxyl groups excluding tert-OH is 1. The van der Waals surface area contributed by atoms with Gasteiger partial charge >= 0.3 is 5.97 Å². The molecule has 0 aromatic heterocycles. The minimum atomic E-state index is -1.51. The lowest BCUT2D eigenvalue weighted by molar-refractivity contribution is -0.137. The number of aliphatic hydroxyl groups is 1. The SMILES string of the molecule is CCOC(=O)/C(C=NC1CC1)=C(\O)c1cc(F)c(F)c(OCC)c1F. The minimum Gasteiger partial charge on any atom is -0.506 e. The average Bonchev–Trinajstić information content (AvgIpc) is 3.39. The van der Waals surface area contributed by atoms with Crippen LogP contribution in [0.1, 0.15) is 32.3 Å². The highest BCUT2D eigenvalue weighted by Crippen LogP contribution is 2.32. The Bertz CT molecular complexity index is 727. The fourth-order valence-corrected chi connectivity index (χ4v) is 1.99. The van der Waals surface area contributed by atoms with Gasteiger partial charge in [0.05, 0.1) is 24.8 Å². The van der Waals surface area contributed by atoms with E-state index in [0.717, 1.165) is 19.1 Å². The fourth-order valence-electron chi connectivity index (χ4n) is 1.99. The number of esters is 1. The molecule has 2 rings (SSSR count). The summed E-state index contributed by atoms with van der Waals surface area (Å²) in [4.78, 5) is 16.1. The van der Waals surface area contributed by atoms with Crippen molar-refractivity contribution < 1.29 is 32.5 Å². The number of aliphatic imine (C=N–C) groups is 1.